The van der Waals surface area contributed by atoms with E-state index in [1.54, 1.807) is 0 Å². The molecule has 0 heterocycles. The van der Waals surface area contributed by atoms with Crippen LogP contribution in [0.15, 0.2) is 0 Å². The fraction of sp³-hybridized carbons (Fsp3) is 0. The van der Waals surface area contributed by atoms with Crippen LogP contribution in [0.4, 0.5) is 0 Å². The average molecular weight is 108 g/mol. The minimum absolute atomic E-state index is 0. The molecule has 4 N–H and O–H groups in total. The van der Waals surface area contributed by atoms with Crippen molar-refractivity contribution in [1.29, 1.82) is 0 Å². The Morgan fingerprint density at radius 3 is 1.00 bits per heavy atom. The van der Waals surface area contributed by atoms with Gasteiger partial charge in [-0.25, -0.2) is 0 Å². The Kier molecular flexibility index (Phi) is 260. The van der Waals surface area contributed by atoms with Gasteiger partial charge in [-0.1, -0.05) is 0 Å². The molecule has 0 aromatic heterocycles. The third-order valence-corrected chi connectivity index (χ3v) is 0. The van der Waals surface area contributed by atoms with Crippen molar-refractivity contribution in [3.8, 4) is 0 Å². The molecule has 0 unspecified atom stereocenters. The van der Waals surface area contributed by atoms with Crippen LogP contribution in [0.2, 0.25) is 0 Å². The van der Waals surface area contributed by atoms with Crippen LogP contribution in [0, 0.1) is 0 Å². The van der Waals surface area contributed by atoms with Crippen molar-refractivity contribution in [3.05, 3.63) is 0 Å². The van der Waals surface area contributed by atoms with Gasteiger partial charge in [0.15, 0.2) is 0 Å². The molecule has 0 aliphatic heterocycles. The van der Waals surface area contributed by atoms with E-state index in [1.165, 1.54) is 0 Å². The molecular formula is H5NaO2Ti. The van der Waals surface area contributed by atoms with Gasteiger partial charge in [-0.15, -0.1) is 0 Å². The summed E-state index contributed by atoms with van der Waals surface area (Å²) in [5, 5.41) is 0. The van der Waals surface area contributed by atoms with Crippen molar-refractivity contribution < 1.29 is 63.7 Å². The fourth-order valence-corrected chi connectivity index (χ4v) is 0. The van der Waals surface area contributed by atoms with Crippen molar-refractivity contribution >= 4 is 0 Å². The molecule has 0 radical (unpaired) electrons. The van der Waals surface area contributed by atoms with Gasteiger partial charge in [0.05, 0.1) is 0 Å². The zero-order chi connectivity index (χ0) is 0. The first-order valence-electron chi connectivity index (χ1n) is 0. The molecule has 4 heteroatoms. The van der Waals surface area contributed by atoms with Crippen molar-refractivity contribution in [2.75, 3.05) is 0 Å². The summed E-state index contributed by atoms with van der Waals surface area (Å²) in [5.74, 6) is 0. The van der Waals surface area contributed by atoms with Crippen LogP contribution in [0.1, 0.15) is 1.43 Å². The Morgan fingerprint density at radius 1 is 1.00 bits per heavy atom. The van der Waals surface area contributed by atoms with Crippen LogP contribution in [0.25, 0.3) is 0 Å². The maximum absolute atomic E-state index is 0. The number of hydrogen-bond donors (Lipinski definition) is 0. The molecule has 4 heavy (non-hydrogen) atoms. The summed E-state index contributed by atoms with van der Waals surface area (Å²) < 4.78 is 0. The molecular weight excluding hydrogens is 103 g/mol. The molecule has 0 fully saturated rings. The third-order valence-electron chi connectivity index (χ3n) is 0. The Balaban J connectivity index is 0. The normalized spacial score (nSPS) is 0. The molecule has 0 rings (SSSR count). The summed E-state index contributed by atoms with van der Waals surface area (Å²) in [7, 11) is 0. The second-order valence-corrected chi connectivity index (χ2v) is 0. The van der Waals surface area contributed by atoms with E-state index < -0.39 is 0 Å². The second kappa shape index (κ2) is 22.9. The van der Waals surface area contributed by atoms with Gasteiger partial charge in [0.1, 0.15) is 0 Å². The van der Waals surface area contributed by atoms with Gasteiger partial charge in [0.2, 0.25) is 0 Å². The van der Waals surface area contributed by atoms with E-state index in [1.807, 2.05) is 0 Å². The smallest absolute Gasteiger partial charge is 1.00 e. The molecule has 0 spiro atoms. The molecule has 0 saturated carbocycles. The van der Waals surface area contributed by atoms with Gasteiger partial charge in [-0.3, -0.25) is 0 Å². The van der Waals surface area contributed by atoms with Crippen LogP contribution in [0.3, 0.4) is 0 Å². The van der Waals surface area contributed by atoms with Crippen LogP contribution in [-0.4, -0.2) is 11.0 Å². The summed E-state index contributed by atoms with van der Waals surface area (Å²) in [6.45, 7) is 0. The first-order chi connectivity index (χ1) is 0. The number of rotatable bonds is 0. The molecule has 0 aliphatic carbocycles. The molecule has 22 valence electrons. The van der Waals surface area contributed by atoms with Gasteiger partial charge in [0, 0.05) is 21.7 Å². The van der Waals surface area contributed by atoms with E-state index in [0.717, 1.165) is 0 Å². The monoisotopic (exact) mass is 108 g/mol. The van der Waals surface area contributed by atoms with Crippen molar-refractivity contribution in [1.82, 2.24) is 0 Å². The van der Waals surface area contributed by atoms with Gasteiger partial charge >= 0.3 is 29.6 Å². The predicted octanol–water partition coefficient (Wildman–Crippen LogP) is -4.54. The first kappa shape index (κ1) is 45.3. The van der Waals surface area contributed by atoms with Crippen molar-refractivity contribution in [2.45, 2.75) is 0 Å². The van der Waals surface area contributed by atoms with Crippen LogP contribution in [-0.2, 0) is 21.7 Å². The van der Waals surface area contributed by atoms with Crippen LogP contribution in [0.5, 0.6) is 0 Å². The molecule has 0 atom stereocenters. The van der Waals surface area contributed by atoms with E-state index in [0.29, 0.717) is 0 Å². The number of hydrogen-bond acceptors (Lipinski definition) is 0. The van der Waals surface area contributed by atoms with E-state index in [4.69, 9.17) is 0 Å². The van der Waals surface area contributed by atoms with Gasteiger partial charge in [0.25, 0.3) is 0 Å². The summed E-state index contributed by atoms with van der Waals surface area (Å²) >= 11 is 0. The summed E-state index contributed by atoms with van der Waals surface area (Å²) in [6.07, 6.45) is 0. The molecule has 0 bridgehead atoms. The van der Waals surface area contributed by atoms with Gasteiger partial charge in [-0.05, 0) is 0 Å². The molecule has 0 aromatic rings. The molecule has 0 saturated heterocycles. The van der Waals surface area contributed by atoms with Crippen LogP contribution < -0.4 is 29.6 Å². The minimum Gasteiger partial charge on any atom is -1.00 e. The predicted molar refractivity (Wildman–Crippen MR) is 8.34 cm³/mol. The third kappa shape index (κ3) is 9.44. The minimum atomic E-state index is 0. The molecule has 0 amide bonds. The SMILES string of the molecule is O.O.[H-].[Na+].[Ti]. The standard InChI is InChI=1S/Na.2H2O.Ti.H/h;2*1H2;;/q+1;;;;-1. The van der Waals surface area contributed by atoms with Gasteiger partial charge < -0.3 is 12.4 Å². The molecule has 0 aliphatic rings. The van der Waals surface area contributed by atoms with E-state index in [9.17, 15) is 0 Å². The zero-order valence-corrected chi connectivity index (χ0v) is 6.06. The second-order valence-electron chi connectivity index (χ2n) is 0. The summed E-state index contributed by atoms with van der Waals surface area (Å²) in [5.41, 5.74) is 0. The van der Waals surface area contributed by atoms with E-state index in [-0.39, 0.29) is 63.7 Å². The van der Waals surface area contributed by atoms with E-state index >= 15 is 0 Å². The van der Waals surface area contributed by atoms with E-state index in [2.05, 4.69) is 0 Å². The van der Waals surface area contributed by atoms with Crippen molar-refractivity contribution in [3.63, 3.8) is 0 Å². The average Bonchev–Trinajstić information content (AvgIpc) is 0. The molecule has 2 nitrogen and oxygen atoms in total. The first-order valence-corrected chi connectivity index (χ1v) is 0. The Morgan fingerprint density at radius 2 is 1.00 bits per heavy atom. The Labute approximate surface area is 63.2 Å². The summed E-state index contributed by atoms with van der Waals surface area (Å²) in [6, 6.07) is 0. The Bertz CT molecular complexity index is 9.61. The van der Waals surface area contributed by atoms with Crippen molar-refractivity contribution in [2.24, 2.45) is 0 Å². The maximum Gasteiger partial charge on any atom is 1.00 e. The topological polar surface area (TPSA) is 63.0 Å². The largest absolute Gasteiger partial charge is 1.00 e. The summed E-state index contributed by atoms with van der Waals surface area (Å²) in [4.78, 5) is 0. The maximum atomic E-state index is 0. The quantitative estimate of drug-likeness (QED) is 0.280. The fourth-order valence-electron chi connectivity index (χ4n) is 0. The zero-order valence-electron chi connectivity index (χ0n) is 3.50. The Hall–Kier alpha value is 1.63. The van der Waals surface area contributed by atoms with Crippen LogP contribution >= 0.6 is 0 Å². The molecule has 0 aromatic carbocycles. The van der Waals surface area contributed by atoms with Gasteiger partial charge in [-0.2, -0.15) is 0 Å².